The lowest BCUT2D eigenvalue weighted by atomic mass is 10.0. The van der Waals surface area contributed by atoms with Crippen molar-refractivity contribution in [1.29, 1.82) is 0 Å². The van der Waals surface area contributed by atoms with Crippen LogP contribution in [0.15, 0.2) is 48.5 Å². The monoisotopic (exact) mass is 273 g/mol. The lowest BCUT2D eigenvalue weighted by Gasteiger charge is -2.17. The van der Waals surface area contributed by atoms with Crippen molar-refractivity contribution in [3.63, 3.8) is 0 Å². The van der Waals surface area contributed by atoms with Crippen LogP contribution in [-0.2, 0) is 0 Å². The fourth-order valence-electron chi connectivity index (χ4n) is 2.04. The van der Waals surface area contributed by atoms with Crippen molar-refractivity contribution >= 4 is 5.91 Å². The highest BCUT2D eigenvalue weighted by molar-refractivity contribution is 5.95. The summed E-state index contributed by atoms with van der Waals surface area (Å²) in [6.45, 7) is 1.48. The summed E-state index contributed by atoms with van der Waals surface area (Å²) in [5.74, 6) is -0.703. The van der Waals surface area contributed by atoms with Crippen LogP contribution < -0.4 is 5.32 Å². The zero-order chi connectivity index (χ0) is 14.5. The number of hydrogen-bond acceptors (Lipinski definition) is 2. The van der Waals surface area contributed by atoms with Crippen molar-refractivity contribution in [3.05, 3.63) is 71.0 Å². The molecule has 0 heterocycles. The molecular weight excluding hydrogens is 257 g/mol. The highest BCUT2D eigenvalue weighted by atomic mass is 19.1. The van der Waals surface area contributed by atoms with Gasteiger partial charge in [0.1, 0.15) is 5.82 Å². The third-order valence-corrected chi connectivity index (χ3v) is 3.12. The van der Waals surface area contributed by atoms with Crippen LogP contribution in [0.25, 0.3) is 0 Å². The van der Waals surface area contributed by atoms with Gasteiger partial charge in [0.15, 0.2) is 0 Å². The minimum atomic E-state index is -0.479. The van der Waals surface area contributed by atoms with E-state index in [0.717, 1.165) is 5.56 Å². The molecule has 0 aliphatic rings. The van der Waals surface area contributed by atoms with Gasteiger partial charge >= 0.3 is 0 Å². The molecule has 0 unspecified atom stereocenters. The third-order valence-electron chi connectivity index (χ3n) is 3.12. The fraction of sp³-hybridized carbons (Fsp3) is 0.188. The molecule has 1 amide bonds. The molecule has 0 saturated heterocycles. The minimum Gasteiger partial charge on any atom is -0.394 e. The number of hydrogen-bond donors (Lipinski definition) is 2. The van der Waals surface area contributed by atoms with Crippen LogP contribution in [0.5, 0.6) is 0 Å². The zero-order valence-electron chi connectivity index (χ0n) is 11.1. The van der Waals surface area contributed by atoms with Crippen molar-refractivity contribution in [3.8, 4) is 0 Å². The summed E-state index contributed by atoms with van der Waals surface area (Å²) in [6, 6.07) is 12.7. The molecule has 104 valence electrons. The van der Waals surface area contributed by atoms with E-state index in [1.54, 1.807) is 6.92 Å². The highest BCUT2D eigenvalue weighted by Gasteiger charge is 2.16. The van der Waals surface area contributed by atoms with Crippen LogP contribution in [0.3, 0.4) is 0 Å². The lowest BCUT2D eigenvalue weighted by molar-refractivity contribution is 0.0915. The zero-order valence-corrected chi connectivity index (χ0v) is 11.1. The van der Waals surface area contributed by atoms with Crippen LogP contribution in [0.4, 0.5) is 4.39 Å². The number of nitrogens with one attached hydrogen (secondary N) is 1. The van der Waals surface area contributed by atoms with Crippen molar-refractivity contribution in [2.24, 2.45) is 0 Å². The van der Waals surface area contributed by atoms with Crippen LogP contribution in [-0.4, -0.2) is 17.6 Å². The standard InChI is InChI=1S/C16H16FNO2/c1-11-9-13(17)7-8-14(11)16(20)18-15(10-19)12-5-3-2-4-6-12/h2-9,15,19H,10H2,1H3,(H,18,20)/t15-/m1/s1. The van der Waals surface area contributed by atoms with Gasteiger partial charge in [-0.1, -0.05) is 30.3 Å². The first-order valence-corrected chi connectivity index (χ1v) is 6.34. The van der Waals surface area contributed by atoms with E-state index in [0.29, 0.717) is 11.1 Å². The Morgan fingerprint density at radius 2 is 1.95 bits per heavy atom. The summed E-state index contributed by atoms with van der Waals surface area (Å²) in [4.78, 5) is 12.2. The second kappa shape index (κ2) is 6.30. The van der Waals surface area contributed by atoms with E-state index in [1.165, 1.54) is 18.2 Å². The number of benzene rings is 2. The first kappa shape index (κ1) is 14.2. The average Bonchev–Trinajstić information content (AvgIpc) is 2.45. The van der Waals surface area contributed by atoms with Crippen molar-refractivity contribution in [2.75, 3.05) is 6.61 Å². The van der Waals surface area contributed by atoms with Gasteiger partial charge in [0.05, 0.1) is 12.6 Å². The van der Waals surface area contributed by atoms with E-state index in [-0.39, 0.29) is 18.3 Å². The summed E-state index contributed by atoms with van der Waals surface area (Å²) in [7, 11) is 0. The van der Waals surface area contributed by atoms with E-state index in [4.69, 9.17) is 0 Å². The van der Waals surface area contributed by atoms with Gasteiger partial charge in [0.2, 0.25) is 0 Å². The number of aryl methyl sites for hydroxylation is 1. The number of carbonyl (C=O) groups excluding carboxylic acids is 1. The lowest BCUT2D eigenvalue weighted by Crippen LogP contribution is -2.31. The Hall–Kier alpha value is -2.20. The van der Waals surface area contributed by atoms with Crippen LogP contribution >= 0.6 is 0 Å². The van der Waals surface area contributed by atoms with Gasteiger partial charge in [0, 0.05) is 5.56 Å². The molecular formula is C16H16FNO2. The van der Waals surface area contributed by atoms with Crippen LogP contribution in [0.2, 0.25) is 0 Å². The molecule has 2 aromatic carbocycles. The molecule has 0 aliphatic heterocycles. The minimum absolute atomic E-state index is 0.198. The Morgan fingerprint density at radius 1 is 1.25 bits per heavy atom. The Bertz CT molecular complexity index is 599. The maximum absolute atomic E-state index is 13.0. The number of carbonyl (C=O) groups is 1. The molecule has 0 aromatic heterocycles. The van der Waals surface area contributed by atoms with Gasteiger partial charge < -0.3 is 10.4 Å². The number of aliphatic hydroxyl groups is 1. The smallest absolute Gasteiger partial charge is 0.252 e. The molecule has 0 fully saturated rings. The van der Waals surface area contributed by atoms with Crippen LogP contribution in [0, 0.1) is 12.7 Å². The average molecular weight is 273 g/mol. The molecule has 3 nitrogen and oxygen atoms in total. The van der Waals surface area contributed by atoms with E-state index in [1.807, 2.05) is 30.3 Å². The van der Waals surface area contributed by atoms with Gasteiger partial charge in [-0.3, -0.25) is 4.79 Å². The number of rotatable bonds is 4. The SMILES string of the molecule is Cc1cc(F)ccc1C(=O)N[C@H](CO)c1ccccc1. The van der Waals surface area contributed by atoms with Gasteiger partial charge in [-0.25, -0.2) is 4.39 Å². The van der Waals surface area contributed by atoms with Gasteiger partial charge in [-0.15, -0.1) is 0 Å². The molecule has 2 rings (SSSR count). The van der Waals surface area contributed by atoms with Gasteiger partial charge in [-0.05, 0) is 36.2 Å². The third kappa shape index (κ3) is 3.22. The van der Waals surface area contributed by atoms with E-state index in [9.17, 15) is 14.3 Å². The second-order valence-electron chi connectivity index (χ2n) is 4.58. The number of amides is 1. The second-order valence-corrected chi connectivity index (χ2v) is 4.58. The Balaban J connectivity index is 2.17. The number of halogens is 1. The molecule has 1 atom stereocenters. The van der Waals surface area contributed by atoms with Crippen LogP contribution in [0.1, 0.15) is 27.5 Å². The van der Waals surface area contributed by atoms with Gasteiger partial charge in [-0.2, -0.15) is 0 Å². The summed E-state index contributed by atoms with van der Waals surface area (Å²) in [5, 5.41) is 12.2. The topological polar surface area (TPSA) is 49.3 Å². The Morgan fingerprint density at radius 3 is 2.55 bits per heavy atom. The molecule has 0 radical (unpaired) electrons. The summed E-state index contributed by atoms with van der Waals surface area (Å²) in [5.41, 5.74) is 1.79. The fourth-order valence-corrected chi connectivity index (χ4v) is 2.04. The molecule has 2 N–H and O–H groups in total. The molecule has 4 heteroatoms. The first-order valence-electron chi connectivity index (χ1n) is 6.34. The summed E-state index contributed by atoms with van der Waals surface area (Å²) in [6.07, 6.45) is 0. The van der Waals surface area contributed by atoms with Crippen molar-refractivity contribution < 1.29 is 14.3 Å². The quantitative estimate of drug-likeness (QED) is 0.899. The first-order chi connectivity index (χ1) is 9.61. The molecule has 0 saturated carbocycles. The molecule has 2 aromatic rings. The van der Waals surface area contributed by atoms with E-state index in [2.05, 4.69) is 5.32 Å². The van der Waals surface area contributed by atoms with Crippen molar-refractivity contribution in [1.82, 2.24) is 5.32 Å². The number of aliphatic hydroxyl groups excluding tert-OH is 1. The molecule has 0 aliphatic carbocycles. The van der Waals surface area contributed by atoms with E-state index < -0.39 is 6.04 Å². The maximum atomic E-state index is 13.0. The Kier molecular flexibility index (Phi) is 4.48. The molecule has 20 heavy (non-hydrogen) atoms. The normalized spacial score (nSPS) is 11.9. The Labute approximate surface area is 117 Å². The molecule has 0 spiro atoms. The largest absolute Gasteiger partial charge is 0.394 e. The van der Waals surface area contributed by atoms with Crippen molar-refractivity contribution in [2.45, 2.75) is 13.0 Å². The summed E-state index contributed by atoms with van der Waals surface area (Å²) < 4.78 is 13.0. The van der Waals surface area contributed by atoms with E-state index >= 15 is 0 Å². The summed E-state index contributed by atoms with van der Waals surface area (Å²) >= 11 is 0. The molecule has 0 bridgehead atoms. The maximum Gasteiger partial charge on any atom is 0.252 e. The highest BCUT2D eigenvalue weighted by Crippen LogP contribution is 2.15. The predicted molar refractivity (Wildman–Crippen MR) is 74.9 cm³/mol. The van der Waals surface area contributed by atoms with Gasteiger partial charge in [0.25, 0.3) is 5.91 Å². The predicted octanol–water partition coefficient (Wildman–Crippen LogP) is 2.60.